The summed E-state index contributed by atoms with van der Waals surface area (Å²) in [7, 11) is 0. The van der Waals surface area contributed by atoms with Gasteiger partial charge in [0.15, 0.2) is 0 Å². The van der Waals surface area contributed by atoms with E-state index >= 15 is 0 Å². The molecule has 31 heavy (non-hydrogen) atoms. The summed E-state index contributed by atoms with van der Waals surface area (Å²) in [6.07, 6.45) is 0.448. The van der Waals surface area contributed by atoms with E-state index in [0.717, 1.165) is 32.6 Å². The predicted octanol–water partition coefficient (Wildman–Crippen LogP) is 4.69. The number of hydrogen-bond donors (Lipinski definition) is 1. The summed E-state index contributed by atoms with van der Waals surface area (Å²) >= 11 is 0. The van der Waals surface area contributed by atoms with Crippen LogP contribution in [0.3, 0.4) is 0 Å². The Morgan fingerprint density at radius 3 is 2.26 bits per heavy atom. The van der Waals surface area contributed by atoms with Crippen molar-refractivity contribution < 1.29 is 14.3 Å². The summed E-state index contributed by atoms with van der Waals surface area (Å²) in [5.41, 5.74) is 3.25. The van der Waals surface area contributed by atoms with Crippen LogP contribution in [0.15, 0.2) is 48.5 Å². The Bertz CT molecular complexity index is 886. The number of carbonyl (C=O) groups is 2. The van der Waals surface area contributed by atoms with Crippen molar-refractivity contribution in [1.29, 1.82) is 0 Å². The van der Waals surface area contributed by atoms with E-state index in [2.05, 4.69) is 41.4 Å². The number of nitrogens with zero attached hydrogens (tertiary/aromatic N) is 2. The van der Waals surface area contributed by atoms with Gasteiger partial charge in [0.1, 0.15) is 5.60 Å². The fraction of sp³-hybridized carbons (Fsp3) is 0.440. The van der Waals surface area contributed by atoms with Gasteiger partial charge < -0.3 is 9.64 Å². The van der Waals surface area contributed by atoms with Crippen molar-refractivity contribution in [2.24, 2.45) is 0 Å². The lowest BCUT2D eigenvalue weighted by atomic mass is 10.1. The molecular formula is C25H33N3O3. The molecule has 1 aliphatic heterocycles. The topological polar surface area (TPSA) is 61.9 Å². The van der Waals surface area contributed by atoms with Crippen molar-refractivity contribution in [1.82, 2.24) is 9.80 Å². The second-order valence-electron chi connectivity index (χ2n) is 9.11. The zero-order valence-corrected chi connectivity index (χ0v) is 19.0. The van der Waals surface area contributed by atoms with Crippen LogP contribution in [0.5, 0.6) is 0 Å². The molecule has 2 amide bonds. The Kier molecular flexibility index (Phi) is 7.33. The minimum absolute atomic E-state index is 0.0287. The number of anilines is 1. The molecule has 1 fully saturated rings. The highest BCUT2D eigenvalue weighted by Gasteiger charge is 2.21. The first-order chi connectivity index (χ1) is 14.7. The van der Waals surface area contributed by atoms with Gasteiger partial charge in [0.25, 0.3) is 5.91 Å². The molecular weight excluding hydrogens is 390 g/mol. The Morgan fingerprint density at radius 1 is 0.935 bits per heavy atom. The van der Waals surface area contributed by atoms with Crippen molar-refractivity contribution in [3.8, 4) is 0 Å². The van der Waals surface area contributed by atoms with Crippen molar-refractivity contribution in [3.63, 3.8) is 0 Å². The number of carbonyl (C=O) groups excluding carboxylic acids is 2. The molecule has 166 valence electrons. The van der Waals surface area contributed by atoms with Gasteiger partial charge in [0.2, 0.25) is 0 Å². The molecule has 2 aromatic carbocycles. The average Bonchev–Trinajstić information content (AvgIpc) is 2.94. The van der Waals surface area contributed by atoms with E-state index in [9.17, 15) is 9.59 Å². The van der Waals surface area contributed by atoms with Gasteiger partial charge in [-0.3, -0.25) is 15.0 Å². The molecule has 0 bridgehead atoms. The van der Waals surface area contributed by atoms with E-state index in [-0.39, 0.29) is 5.91 Å². The maximum atomic E-state index is 13.0. The molecule has 0 spiro atoms. The van der Waals surface area contributed by atoms with Crippen LogP contribution in [0.2, 0.25) is 0 Å². The number of nitrogens with one attached hydrogen (secondary N) is 1. The summed E-state index contributed by atoms with van der Waals surface area (Å²) in [6, 6.07) is 15.6. The first kappa shape index (κ1) is 22.8. The maximum absolute atomic E-state index is 13.0. The molecule has 2 aromatic rings. The third-order valence-corrected chi connectivity index (χ3v) is 5.18. The Labute approximate surface area is 185 Å². The maximum Gasteiger partial charge on any atom is 0.412 e. The van der Waals surface area contributed by atoms with E-state index in [1.807, 2.05) is 25.7 Å². The molecule has 0 aromatic heterocycles. The van der Waals surface area contributed by atoms with Gasteiger partial charge in [-0.05, 0) is 63.9 Å². The Morgan fingerprint density at radius 2 is 1.61 bits per heavy atom. The third-order valence-electron chi connectivity index (χ3n) is 5.18. The molecule has 1 N–H and O–H groups in total. The van der Waals surface area contributed by atoms with Crippen LogP contribution in [-0.2, 0) is 11.3 Å². The summed E-state index contributed by atoms with van der Waals surface area (Å²) in [4.78, 5) is 29.2. The quantitative estimate of drug-likeness (QED) is 0.775. The Hall–Kier alpha value is -2.86. The van der Waals surface area contributed by atoms with Crippen LogP contribution in [-0.4, -0.2) is 53.6 Å². The first-order valence-electron chi connectivity index (χ1n) is 10.9. The summed E-state index contributed by atoms with van der Waals surface area (Å²) < 4.78 is 5.26. The van der Waals surface area contributed by atoms with Gasteiger partial charge >= 0.3 is 6.09 Å². The van der Waals surface area contributed by atoms with E-state index in [1.165, 1.54) is 11.1 Å². The predicted molar refractivity (Wildman–Crippen MR) is 123 cm³/mol. The van der Waals surface area contributed by atoms with Crippen molar-refractivity contribution in [2.75, 3.05) is 31.5 Å². The van der Waals surface area contributed by atoms with Crippen molar-refractivity contribution >= 4 is 17.7 Å². The third kappa shape index (κ3) is 7.10. The Balaban J connectivity index is 1.54. The molecule has 1 heterocycles. The van der Waals surface area contributed by atoms with E-state index < -0.39 is 11.7 Å². The van der Waals surface area contributed by atoms with Crippen LogP contribution >= 0.6 is 0 Å². The number of hydrogen-bond acceptors (Lipinski definition) is 4. The van der Waals surface area contributed by atoms with Crippen molar-refractivity contribution in [3.05, 3.63) is 65.2 Å². The molecule has 6 nitrogen and oxygen atoms in total. The number of rotatable bonds is 4. The minimum Gasteiger partial charge on any atom is -0.444 e. The van der Waals surface area contributed by atoms with Gasteiger partial charge in [0, 0.05) is 44.0 Å². The molecule has 6 heteroatoms. The fourth-order valence-electron chi connectivity index (χ4n) is 3.58. The summed E-state index contributed by atoms with van der Waals surface area (Å²) in [6.45, 7) is 11.8. The molecule has 3 rings (SSSR count). The van der Waals surface area contributed by atoms with Crippen LogP contribution in [0.1, 0.15) is 48.7 Å². The molecule has 0 radical (unpaired) electrons. The highest BCUT2D eigenvalue weighted by atomic mass is 16.6. The summed E-state index contributed by atoms with van der Waals surface area (Å²) in [5, 5.41) is 2.69. The lowest BCUT2D eigenvalue weighted by molar-refractivity contribution is 0.0635. The lowest BCUT2D eigenvalue weighted by Crippen LogP contribution is -2.35. The number of amides is 2. The number of aryl methyl sites for hydroxylation is 1. The fourth-order valence-corrected chi connectivity index (χ4v) is 3.58. The van der Waals surface area contributed by atoms with Crippen LogP contribution < -0.4 is 5.32 Å². The molecule has 0 unspecified atom stereocenters. The minimum atomic E-state index is -0.555. The van der Waals surface area contributed by atoms with Gasteiger partial charge in [-0.2, -0.15) is 0 Å². The van der Waals surface area contributed by atoms with Gasteiger partial charge in [-0.25, -0.2) is 4.79 Å². The summed E-state index contributed by atoms with van der Waals surface area (Å²) in [5.74, 6) is 0.0287. The first-order valence-corrected chi connectivity index (χ1v) is 10.9. The second-order valence-corrected chi connectivity index (χ2v) is 9.11. The van der Waals surface area contributed by atoms with Crippen LogP contribution in [0.4, 0.5) is 10.5 Å². The van der Waals surface area contributed by atoms with Gasteiger partial charge in [0.05, 0.1) is 0 Å². The highest BCUT2D eigenvalue weighted by Crippen LogP contribution is 2.16. The van der Waals surface area contributed by atoms with Crippen molar-refractivity contribution in [2.45, 2.75) is 46.3 Å². The average molecular weight is 424 g/mol. The lowest BCUT2D eigenvalue weighted by Gasteiger charge is -2.22. The normalized spacial score (nSPS) is 15.3. The van der Waals surface area contributed by atoms with Crippen LogP contribution in [0, 0.1) is 6.92 Å². The zero-order valence-electron chi connectivity index (χ0n) is 19.0. The van der Waals surface area contributed by atoms with Gasteiger partial charge in [-0.1, -0.05) is 29.8 Å². The smallest absolute Gasteiger partial charge is 0.412 e. The van der Waals surface area contributed by atoms with Gasteiger partial charge in [-0.15, -0.1) is 0 Å². The largest absolute Gasteiger partial charge is 0.444 e. The van der Waals surface area contributed by atoms with E-state index in [1.54, 1.807) is 24.3 Å². The zero-order chi connectivity index (χ0) is 22.4. The second kappa shape index (κ2) is 9.96. The number of ether oxygens (including phenoxy) is 1. The molecule has 0 aliphatic carbocycles. The monoisotopic (exact) mass is 423 g/mol. The number of benzene rings is 2. The molecule has 1 aliphatic rings. The van der Waals surface area contributed by atoms with Crippen LogP contribution in [0.25, 0.3) is 0 Å². The van der Waals surface area contributed by atoms with E-state index in [0.29, 0.717) is 17.8 Å². The standard InChI is InChI=1S/C25H33N3O3/c1-19-6-8-20(9-7-19)18-27-14-5-15-28(17-16-27)23(29)21-10-12-22(13-11-21)26-24(30)31-25(2,3)4/h6-13H,5,14-18H2,1-4H3,(H,26,30). The van der Waals surface area contributed by atoms with E-state index in [4.69, 9.17) is 4.74 Å². The highest BCUT2D eigenvalue weighted by molar-refractivity contribution is 5.95. The molecule has 0 atom stereocenters. The molecule has 1 saturated heterocycles. The molecule has 0 saturated carbocycles. The SMILES string of the molecule is Cc1ccc(CN2CCCN(C(=O)c3ccc(NC(=O)OC(C)(C)C)cc3)CC2)cc1.